The largest absolute Gasteiger partial charge is 0.265 e. The van der Waals surface area contributed by atoms with Gasteiger partial charge in [-0.05, 0) is 176 Å². The summed E-state index contributed by atoms with van der Waals surface area (Å²) >= 11 is 0. The minimum Gasteiger partial charge on any atom is -0.265 e. The van der Waals surface area contributed by atoms with Gasteiger partial charge >= 0.3 is 0 Å². The van der Waals surface area contributed by atoms with Gasteiger partial charge in [0.05, 0.1) is 0 Å². The Bertz CT molecular complexity index is 2850. The van der Waals surface area contributed by atoms with Gasteiger partial charge in [0.1, 0.15) is 0 Å². The van der Waals surface area contributed by atoms with Crippen molar-refractivity contribution in [2.45, 2.75) is 67.6 Å². The first kappa shape index (κ1) is 43.3. The average molecular weight is 869 g/mol. The summed E-state index contributed by atoms with van der Waals surface area (Å²) in [6.07, 6.45) is 41.4. The van der Waals surface area contributed by atoms with E-state index in [1.807, 2.05) is 61.7 Å². The van der Waals surface area contributed by atoms with Crippen molar-refractivity contribution in [1.82, 2.24) is 19.9 Å². The quantitative estimate of drug-likeness (QED) is 0.109. The standard InChI is InChI=1S/C63H56N4/c1-35-61(58-20-14-50(15-21-58)5-11-55-29-40-65-41-30-55)46-62(36-1,59-22-16-51(17-23-59)6-12-56-31-42-66-43-32-56)48-63(47-61,60-24-18-52(19-25-60)7-13-57-33-44-67-45-34-57)37-26-53-8-2-49(3-9-53)4-10-54-27-38-64-39-28-54/h2-25,27-34,38-45H,1,26,35-37,46-48H2/b10-4+,11-5+,12-6+,13-7+. The number of aryl methyl sites for hydroxylation is 1. The fourth-order valence-corrected chi connectivity index (χ4v) is 11.2. The van der Waals surface area contributed by atoms with Crippen LogP contribution < -0.4 is 0 Å². The van der Waals surface area contributed by atoms with Crippen LogP contribution in [-0.4, -0.2) is 19.9 Å². The van der Waals surface area contributed by atoms with Gasteiger partial charge in [-0.1, -0.05) is 152 Å². The van der Waals surface area contributed by atoms with E-state index in [0.717, 1.165) is 54.4 Å². The minimum absolute atomic E-state index is 0.00525. The third-order valence-electron chi connectivity index (χ3n) is 14.5. The first-order valence-electron chi connectivity index (χ1n) is 23.8. The second-order valence-electron chi connectivity index (χ2n) is 18.8. The van der Waals surface area contributed by atoms with Gasteiger partial charge < -0.3 is 0 Å². The number of benzene rings is 4. The summed E-state index contributed by atoms with van der Waals surface area (Å²) in [6, 6.07) is 54.4. The Labute approximate surface area is 396 Å². The maximum absolute atomic E-state index is 4.21. The molecule has 0 aliphatic heterocycles. The molecule has 328 valence electrons. The zero-order valence-electron chi connectivity index (χ0n) is 38.0. The third kappa shape index (κ3) is 10.3. The second kappa shape index (κ2) is 19.9. The summed E-state index contributed by atoms with van der Waals surface area (Å²) < 4.78 is 0. The highest BCUT2D eigenvalue weighted by Gasteiger charge is 2.57. The van der Waals surface area contributed by atoms with Gasteiger partial charge in [0.25, 0.3) is 0 Å². The number of pyridine rings is 4. The lowest BCUT2D eigenvalue weighted by Gasteiger charge is -2.60. The highest BCUT2D eigenvalue weighted by molar-refractivity contribution is 5.72. The maximum atomic E-state index is 4.21. The molecule has 67 heavy (non-hydrogen) atoms. The van der Waals surface area contributed by atoms with E-state index >= 15 is 0 Å². The summed E-state index contributed by atoms with van der Waals surface area (Å²) in [5.74, 6) is 0. The molecule has 2 aliphatic carbocycles. The first-order chi connectivity index (χ1) is 33.0. The molecule has 10 rings (SSSR count). The Morgan fingerprint density at radius 1 is 0.313 bits per heavy atom. The topological polar surface area (TPSA) is 51.6 Å². The molecule has 2 fully saturated rings. The van der Waals surface area contributed by atoms with E-state index in [0.29, 0.717) is 0 Å². The smallest absolute Gasteiger partial charge is 0.0273 e. The molecule has 0 radical (unpaired) electrons. The molecule has 4 heteroatoms. The summed E-state index contributed by atoms with van der Waals surface area (Å²) in [4.78, 5) is 16.8. The number of hydrogen-bond donors (Lipinski definition) is 0. The van der Waals surface area contributed by atoms with Crippen LogP contribution in [0.25, 0.3) is 48.6 Å². The first-order valence-corrected chi connectivity index (χ1v) is 23.8. The Morgan fingerprint density at radius 3 is 0.925 bits per heavy atom. The third-order valence-corrected chi connectivity index (χ3v) is 14.5. The van der Waals surface area contributed by atoms with E-state index in [1.54, 1.807) is 0 Å². The average Bonchev–Trinajstić information content (AvgIpc) is 3.40. The van der Waals surface area contributed by atoms with Crippen molar-refractivity contribution in [2.75, 3.05) is 0 Å². The van der Waals surface area contributed by atoms with E-state index in [9.17, 15) is 0 Å². The van der Waals surface area contributed by atoms with Gasteiger partial charge in [0, 0.05) is 49.6 Å². The van der Waals surface area contributed by atoms with E-state index < -0.39 is 0 Å². The Kier molecular flexibility index (Phi) is 12.9. The summed E-state index contributed by atoms with van der Waals surface area (Å²) in [5, 5.41) is 0. The van der Waals surface area contributed by atoms with Crippen LogP contribution in [-0.2, 0) is 22.7 Å². The lowest BCUT2D eigenvalue weighted by molar-refractivity contribution is 0.0460. The second-order valence-corrected chi connectivity index (χ2v) is 18.8. The SMILES string of the molecule is C(=C\c1ccc(CCC2(c3ccc(/C=C/c4ccncc4)cc3)CC3(c4ccc(/C=C/c5ccncc5)cc4)CCCC(c4ccc(/C=C/c5ccncc5)cc4)(C3)C2)cc1)/c1ccncc1. The molecule has 8 aromatic rings. The van der Waals surface area contributed by atoms with Crippen molar-refractivity contribution in [3.05, 3.63) is 262 Å². The van der Waals surface area contributed by atoms with Gasteiger partial charge in [0.15, 0.2) is 0 Å². The number of nitrogens with zero attached hydrogens (tertiary/aromatic N) is 4. The lowest BCUT2D eigenvalue weighted by atomic mass is 9.43. The molecule has 4 aromatic carbocycles. The van der Waals surface area contributed by atoms with Crippen LogP contribution in [0, 0.1) is 0 Å². The van der Waals surface area contributed by atoms with Crippen LogP contribution in [0.1, 0.15) is 112 Å². The molecule has 0 N–H and O–H groups in total. The molecule has 4 heterocycles. The summed E-state index contributed by atoms with van der Waals surface area (Å²) in [5.41, 5.74) is 15.2. The van der Waals surface area contributed by atoms with Crippen molar-refractivity contribution in [3.63, 3.8) is 0 Å². The molecular weight excluding hydrogens is 813 g/mol. The van der Waals surface area contributed by atoms with Crippen molar-refractivity contribution < 1.29 is 0 Å². The molecule has 0 spiro atoms. The van der Waals surface area contributed by atoms with Crippen molar-refractivity contribution in [2.24, 2.45) is 0 Å². The molecule has 2 unspecified atom stereocenters. The molecular formula is C63H56N4. The number of aromatic nitrogens is 4. The lowest BCUT2D eigenvalue weighted by Crippen LogP contribution is -2.55. The molecule has 4 nitrogen and oxygen atoms in total. The zero-order valence-corrected chi connectivity index (χ0v) is 38.0. The van der Waals surface area contributed by atoms with Crippen LogP contribution in [0.4, 0.5) is 0 Å². The molecule has 2 bridgehead atoms. The van der Waals surface area contributed by atoms with Crippen LogP contribution in [0.5, 0.6) is 0 Å². The van der Waals surface area contributed by atoms with Gasteiger partial charge in [-0.15, -0.1) is 0 Å². The Balaban J connectivity index is 1.03. The van der Waals surface area contributed by atoms with Crippen LogP contribution in [0.3, 0.4) is 0 Å². The van der Waals surface area contributed by atoms with Crippen LogP contribution in [0.2, 0.25) is 0 Å². The van der Waals surface area contributed by atoms with Crippen LogP contribution in [0.15, 0.2) is 195 Å². The van der Waals surface area contributed by atoms with Crippen molar-refractivity contribution >= 4 is 48.6 Å². The number of fused-ring (bicyclic) bond motifs is 2. The normalized spacial score (nSPS) is 20.5. The highest BCUT2D eigenvalue weighted by Crippen LogP contribution is 2.64. The van der Waals surface area contributed by atoms with Gasteiger partial charge in [-0.25, -0.2) is 0 Å². The molecule has 2 aliphatic rings. The molecule has 0 saturated heterocycles. The van der Waals surface area contributed by atoms with E-state index in [4.69, 9.17) is 0 Å². The molecule has 2 saturated carbocycles. The Morgan fingerprint density at radius 2 is 0.597 bits per heavy atom. The predicted molar refractivity (Wildman–Crippen MR) is 279 cm³/mol. The van der Waals surface area contributed by atoms with E-state index in [1.165, 1.54) is 63.8 Å². The monoisotopic (exact) mass is 868 g/mol. The van der Waals surface area contributed by atoms with Gasteiger partial charge in [-0.3, -0.25) is 19.9 Å². The Hall–Kier alpha value is -7.56. The van der Waals surface area contributed by atoms with Crippen molar-refractivity contribution in [1.29, 1.82) is 0 Å². The predicted octanol–water partition coefficient (Wildman–Crippen LogP) is 15.1. The minimum atomic E-state index is -0.0776. The van der Waals surface area contributed by atoms with Gasteiger partial charge in [0.2, 0.25) is 0 Å². The summed E-state index contributed by atoms with van der Waals surface area (Å²) in [6.45, 7) is 0. The fourth-order valence-electron chi connectivity index (χ4n) is 11.2. The van der Waals surface area contributed by atoms with Crippen molar-refractivity contribution in [3.8, 4) is 0 Å². The zero-order chi connectivity index (χ0) is 45.2. The molecule has 2 atom stereocenters. The highest BCUT2D eigenvalue weighted by atomic mass is 14.6. The van der Waals surface area contributed by atoms with Gasteiger partial charge in [-0.2, -0.15) is 0 Å². The molecule has 0 amide bonds. The summed E-state index contributed by atoms with van der Waals surface area (Å²) in [7, 11) is 0. The van der Waals surface area contributed by atoms with E-state index in [2.05, 4.69) is 202 Å². The number of rotatable bonds is 14. The molecule has 4 aromatic heterocycles. The van der Waals surface area contributed by atoms with E-state index in [-0.39, 0.29) is 16.2 Å². The fraction of sp³-hybridized carbons (Fsp3) is 0.175. The number of hydrogen-bond acceptors (Lipinski definition) is 4. The van der Waals surface area contributed by atoms with Crippen LogP contribution >= 0.6 is 0 Å². The maximum Gasteiger partial charge on any atom is 0.0273 e.